The topological polar surface area (TPSA) is 71.1 Å². The van der Waals surface area contributed by atoms with E-state index in [9.17, 15) is 8.42 Å². The summed E-state index contributed by atoms with van der Waals surface area (Å²) in [5.41, 5.74) is 1.94. The molecule has 0 radical (unpaired) electrons. The van der Waals surface area contributed by atoms with E-state index in [0.29, 0.717) is 24.4 Å². The molecule has 0 aliphatic heterocycles. The van der Waals surface area contributed by atoms with E-state index >= 15 is 0 Å². The van der Waals surface area contributed by atoms with E-state index in [1.165, 1.54) is 0 Å². The fourth-order valence-corrected chi connectivity index (χ4v) is 3.09. The van der Waals surface area contributed by atoms with Crippen LogP contribution in [0.3, 0.4) is 0 Å². The number of hydrogen-bond donors (Lipinski definition) is 2. The Morgan fingerprint density at radius 3 is 2.67 bits per heavy atom. The minimum atomic E-state index is -3.47. The maximum absolute atomic E-state index is 12.2. The zero-order chi connectivity index (χ0) is 15.1. The predicted molar refractivity (Wildman–Crippen MR) is 82.3 cm³/mol. The minimum absolute atomic E-state index is 0.293. The Bertz CT molecular complexity index is 672. The van der Waals surface area contributed by atoms with Crippen LogP contribution in [-0.4, -0.2) is 27.0 Å². The first-order valence-electron chi connectivity index (χ1n) is 6.74. The van der Waals surface area contributed by atoms with Gasteiger partial charge in [0.2, 0.25) is 10.0 Å². The maximum atomic E-state index is 12.2. The zero-order valence-electron chi connectivity index (χ0n) is 11.9. The Balaban J connectivity index is 1.99. The summed E-state index contributed by atoms with van der Waals surface area (Å²) < 4.78 is 27.1. The number of nitrogens with one attached hydrogen (secondary N) is 2. The molecule has 5 nitrogen and oxygen atoms in total. The summed E-state index contributed by atoms with van der Waals surface area (Å²) in [7, 11) is -1.64. The van der Waals surface area contributed by atoms with E-state index in [0.717, 1.165) is 11.1 Å². The van der Waals surface area contributed by atoms with Gasteiger partial charge in [-0.05, 0) is 42.8 Å². The summed E-state index contributed by atoms with van der Waals surface area (Å²) in [5.74, 6) is 0. The molecule has 0 amide bonds. The van der Waals surface area contributed by atoms with Crippen molar-refractivity contribution >= 4 is 10.0 Å². The number of hydrogen-bond acceptors (Lipinski definition) is 4. The lowest BCUT2D eigenvalue weighted by atomic mass is 10.2. The van der Waals surface area contributed by atoms with Gasteiger partial charge in [0.15, 0.2) is 0 Å². The van der Waals surface area contributed by atoms with Crippen molar-refractivity contribution in [2.24, 2.45) is 0 Å². The summed E-state index contributed by atoms with van der Waals surface area (Å²) in [4.78, 5) is 4.30. The van der Waals surface area contributed by atoms with E-state index in [4.69, 9.17) is 0 Å². The highest BCUT2D eigenvalue weighted by Gasteiger charge is 2.13. The second kappa shape index (κ2) is 7.31. The third kappa shape index (κ3) is 4.63. The molecule has 0 atom stereocenters. The number of sulfonamides is 1. The largest absolute Gasteiger partial charge is 0.316 e. The molecule has 0 aliphatic carbocycles. The van der Waals surface area contributed by atoms with E-state index in [-0.39, 0.29) is 0 Å². The molecule has 0 spiro atoms. The summed E-state index contributed by atoms with van der Waals surface area (Å²) >= 11 is 0. The average molecular weight is 305 g/mol. The second-order valence-corrected chi connectivity index (χ2v) is 6.45. The van der Waals surface area contributed by atoms with E-state index in [2.05, 4.69) is 15.0 Å². The molecule has 0 fully saturated rings. The van der Waals surface area contributed by atoms with E-state index in [1.54, 1.807) is 30.6 Å². The van der Waals surface area contributed by atoms with Crippen LogP contribution in [-0.2, 0) is 23.0 Å². The van der Waals surface area contributed by atoms with Crippen molar-refractivity contribution in [1.29, 1.82) is 0 Å². The van der Waals surface area contributed by atoms with Crippen molar-refractivity contribution in [2.75, 3.05) is 13.6 Å². The van der Waals surface area contributed by atoms with Crippen LogP contribution in [0.2, 0.25) is 0 Å². The SMILES string of the molecule is CNCc1cccc(S(=O)(=O)NCCc2cccnc2)c1. The Morgan fingerprint density at radius 1 is 1.14 bits per heavy atom. The number of aromatic nitrogens is 1. The zero-order valence-corrected chi connectivity index (χ0v) is 12.7. The molecule has 0 saturated carbocycles. The Hall–Kier alpha value is -1.76. The van der Waals surface area contributed by atoms with Crippen molar-refractivity contribution in [1.82, 2.24) is 15.0 Å². The van der Waals surface area contributed by atoms with Crippen LogP contribution < -0.4 is 10.0 Å². The van der Waals surface area contributed by atoms with Crippen LogP contribution in [0.15, 0.2) is 53.7 Å². The average Bonchev–Trinajstić information content (AvgIpc) is 2.49. The van der Waals surface area contributed by atoms with Gasteiger partial charge in [0.1, 0.15) is 0 Å². The van der Waals surface area contributed by atoms with Gasteiger partial charge in [-0.15, -0.1) is 0 Å². The first-order chi connectivity index (χ1) is 10.1. The van der Waals surface area contributed by atoms with Crippen LogP contribution in [0.4, 0.5) is 0 Å². The summed E-state index contributed by atoms with van der Waals surface area (Å²) in [5, 5.41) is 3.01. The van der Waals surface area contributed by atoms with Crippen molar-refractivity contribution in [3.63, 3.8) is 0 Å². The van der Waals surface area contributed by atoms with Crippen LogP contribution in [0, 0.1) is 0 Å². The highest BCUT2D eigenvalue weighted by Crippen LogP contribution is 2.11. The molecule has 2 aromatic rings. The Morgan fingerprint density at radius 2 is 1.95 bits per heavy atom. The lowest BCUT2D eigenvalue weighted by Crippen LogP contribution is -2.26. The Labute approximate surface area is 125 Å². The number of rotatable bonds is 7. The van der Waals surface area contributed by atoms with Crippen LogP contribution >= 0.6 is 0 Å². The van der Waals surface area contributed by atoms with Gasteiger partial charge in [0.25, 0.3) is 0 Å². The molecule has 0 bridgehead atoms. The van der Waals surface area contributed by atoms with Gasteiger partial charge >= 0.3 is 0 Å². The summed E-state index contributed by atoms with van der Waals surface area (Å²) in [6.07, 6.45) is 4.05. The van der Waals surface area contributed by atoms with E-state index < -0.39 is 10.0 Å². The van der Waals surface area contributed by atoms with Gasteiger partial charge in [-0.1, -0.05) is 18.2 Å². The van der Waals surface area contributed by atoms with Crippen LogP contribution in [0.5, 0.6) is 0 Å². The molecule has 21 heavy (non-hydrogen) atoms. The quantitative estimate of drug-likeness (QED) is 0.809. The fraction of sp³-hybridized carbons (Fsp3) is 0.267. The normalized spacial score (nSPS) is 11.5. The maximum Gasteiger partial charge on any atom is 0.240 e. The fourth-order valence-electron chi connectivity index (χ4n) is 1.99. The molecule has 112 valence electrons. The molecule has 0 saturated heterocycles. The van der Waals surface area contributed by atoms with Gasteiger partial charge in [0.05, 0.1) is 4.90 Å². The molecule has 0 aliphatic rings. The highest BCUT2D eigenvalue weighted by molar-refractivity contribution is 7.89. The standard InChI is InChI=1S/C15H19N3O2S/c1-16-11-14-4-2-6-15(10-14)21(19,20)18-9-7-13-5-3-8-17-12-13/h2-6,8,10,12,16,18H,7,9,11H2,1H3. The van der Waals surface area contributed by atoms with Crippen LogP contribution in [0.25, 0.3) is 0 Å². The van der Waals surface area contributed by atoms with Gasteiger partial charge in [-0.3, -0.25) is 4.98 Å². The molecular weight excluding hydrogens is 286 g/mol. The van der Waals surface area contributed by atoms with Crippen molar-refractivity contribution in [3.05, 3.63) is 59.9 Å². The molecule has 1 aromatic carbocycles. The van der Waals surface area contributed by atoms with Crippen molar-refractivity contribution in [2.45, 2.75) is 17.9 Å². The molecule has 6 heteroatoms. The molecular formula is C15H19N3O2S. The minimum Gasteiger partial charge on any atom is -0.316 e. The number of pyridine rings is 1. The first-order valence-corrected chi connectivity index (χ1v) is 8.22. The monoisotopic (exact) mass is 305 g/mol. The molecule has 0 unspecified atom stereocenters. The molecule has 2 N–H and O–H groups in total. The smallest absolute Gasteiger partial charge is 0.240 e. The molecule has 2 rings (SSSR count). The molecule has 1 heterocycles. The summed E-state index contributed by atoms with van der Waals surface area (Å²) in [6, 6.07) is 10.7. The highest BCUT2D eigenvalue weighted by atomic mass is 32.2. The Kier molecular flexibility index (Phi) is 5.44. The lowest BCUT2D eigenvalue weighted by Gasteiger charge is -2.08. The summed E-state index contributed by atoms with van der Waals surface area (Å²) in [6.45, 7) is 0.989. The first kappa shape index (κ1) is 15.6. The second-order valence-electron chi connectivity index (χ2n) is 4.69. The number of nitrogens with zero attached hydrogens (tertiary/aromatic N) is 1. The van der Waals surface area contributed by atoms with Gasteiger partial charge < -0.3 is 5.32 Å². The third-order valence-corrected chi connectivity index (χ3v) is 4.48. The van der Waals surface area contributed by atoms with Gasteiger partial charge in [-0.2, -0.15) is 0 Å². The van der Waals surface area contributed by atoms with Crippen LogP contribution in [0.1, 0.15) is 11.1 Å². The lowest BCUT2D eigenvalue weighted by molar-refractivity contribution is 0.581. The third-order valence-electron chi connectivity index (χ3n) is 3.02. The van der Waals surface area contributed by atoms with Crippen molar-refractivity contribution in [3.8, 4) is 0 Å². The predicted octanol–water partition coefficient (Wildman–Crippen LogP) is 1.32. The number of benzene rings is 1. The van der Waals surface area contributed by atoms with E-state index in [1.807, 2.05) is 25.2 Å². The van der Waals surface area contributed by atoms with Gasteiger partial charge in [-0.25, -0.2) is 13.1 Å². The van der Waals surface area contributed by atoms with Crippen molar-refractivity contribution < 1.29 is 8.42 Å². The molecule has 1 aromatic heterocycles. The van der Waals surface area contributed by atoms with Gasteiger partial charge in [0, 0.05) is 25.5 Å².